The highest BCUT2D eigenvalue weighted by molar-refractivity contribution is 7.76. The molecule has 2 aromatic rings. The summed E-state index contributed by atoms with van der Waals surface area (Å²) in [6, 6.07) is 18.3. The number of benzene rings is 2. The summed E-state index contributed by atoms with van der Waals surface area (Å²) in [7, 11) is -3.14. The molecule has 0 saturated carbocycles. The molecule has 2 rings (SSSR count). The summed E-state index contributed by atoms with van der Waals surface area (Å²) in [6.07, 6.45) is 0.736. The molecule has 100 valence electrons. The summed E-state index contributed by atoms with van der Waals surface area (Å²) in [6.45, 7) is 2.32. The summed E-state index contributed by atoms with van der Waals surface area (Å²) in [5, 5.41) is 11.5. The zero-order chi connectivity index (χ0) is 13.7. The minimum Gasteiger partial charge on any atom is -0.307 e. The van der Waals surface area contributed by atoms with E-state index >= 15 is 0 Å². The fraction of sp³-hybridized carbons (Fsp3) is 0.200. The van der Waals surface area contributed by atoms with Gasteiger partial charge in [0, 0.05) is 17.2 Å². The molecule has 0 saturated heterocycles. The molecule has 3 nitrogen and oxygen atoms in total. The maximum atomic E-state index is 13.4. The lowest BCUT2D eigenvalue weighted by molar-refractivity contribution is 0.00362. The largest absolute Gasteiger partial charge is 0.307 e. The maximum absolute atomic E-state index is 13.4. The number of hydrogen-bond donors (Lipinski definition) is 1. The van der Waals surface area contributed by atoms with Crippen molar-refractivity contribution in [2.24, 2.45) is 0 Å². The predicted octanol–water partition coefficient (Wildman–Crippen LogP) is 3.02. The van der Waals surface area contributed by atoms with E-state index in [4.69, 9.17) is 0 Å². The van der Waals surface area contributed by atoms with E-state index in [9.17, 15) is 9.77 Å². The van der Waals surface area contributed by atoms with E-state index in [-0.39, 0.29) is 0 Å². The summed E-state index contributed by atoms with van der Waals surface area (Å²) in [4.78, 5) is 0.998. The SMILES string of the molecule is CCCN(O)P(=O)(c1ccccc1)c1ccccc1. The van der Waals surface area contributed by atoms with E-state index in [2.05, 4.69) is 0 Å². The summed E-state index contributed by atoms with van der Waals surface area (Å²) < 4.78 is 13.4. The first-order chi connectivity index (χ1) is 9.19. The standard InChI is InChI=1S/C15H18NO2P/c1-2-13-16(17)19(18,14-9-5-3-6-10-14)15-11-7-4-8-12-15/h3-12,17H,2,13H2,1H3. The highest BCUT2D eigenvalue weighted by Gasteiger charge is 2.33. The van der Waals surface area contributed by atoms with Crippen LogP contribution in [0.3, 0.4) is 0 Å². The molecule has 4 heteroatoms. The topological polar surface area (TPSA) is 40.5 Å². The van der Waals surface area contributed by atoms with Crippen LogP contribution in [0, 0.1) is 0 Å². The van der Waals surface area contributed by atoms with Crippen LogP contribution in [0.4, 0.5) is 0 Å². The van der Waals surface area contributed by atoms with Gasteiger partial charge in [-0.25, -0.2) is 0 Å². The van der Waals surface area contributed by atoms with Crippen molar-refractivity contribution in [2.45, 2.75) is 13.3 Å². The first kappa shape index (κ1) is 14.0. The van der Waals surface area contributed by atoms with Gasteiger partial charge in [0.1, 0.15) is 0 Å². The lowest BCUT2D eigenvalue weighted by Crippen LogP contribution is -2.30. The van der Waals surface area contributed by atoms with E-state index in [1.54, 1.807) is 24.3 Å². The van der Waals surface area contributed by atoms with Gasteiger partial charge in [0.05, 0.1) is 0 Å². The molecule has 0 bridgehead atoms. The molecule has 0 heterocycles. The third-order valence-electron chi connectivity index (χ3n) is 2.96. The van der Waals surface area contributed by atoms with Crippen LogP contribution in [-0.2, 0) is 4.57 Å². The van der Waals surface area contributed by atoms with Gasteiger partial charge in [0.15, 0.2) is 0 Å². The van der Waals surface area contributed by atoms with Crippen LogP contribution in [0.1, 0.15) is 13.3 Å². The summed E-state index contributed by atoms with van der Waals surface area (Å²) >= 11 is 0. The van der Waals surface area contributed by atoms with E-state index in [0.717, 1.165) is 11.3 Å². The Balaban J connectivity index is 2.54. The minimum absolute atomic E-state index is 0.376. The fourth-order valence-corrected chi connectivity index (χ4v) is 4.48. The van der Waals surface area contributed by atoms with Crippen molar-refractivity contribution >= 4 is 17.9 Å². The molecule has 0 spiro atoms. The van der Waals surface area contributed by atoms with Crippen LogP contribution < -0.4 is 10.6 Å². The zero-order valence-electron chi connectivity index (χ0n) is 10.9. The first-order valence-electron chi connectivity index (χ1n) is 6.37. The molecule has 0 aliphatic heterocycles. The van der Waals surface area contributed by atoms with Gasteiger partial charge >= 0.3 is 0 Å². The smallest absolute Gasteiger partial charge is 0.229 e. The van der Waals surface area contributed by atoms with Gasteiger partial charge in [-0.15, -0.1) is 4.83 Å². The zero-order valence-corrected chi connectivity index (χ0v) is 11.8. The Morgan fingerprint density at radius 1 is 0.947 bits per heavy atom. The van der Waals surface area contributed by atoms with Crippen LogP contribution in [-0.4, -0.2) is 16.6 Å². The highest BCUT2D eigenvalue weighted by Crippen LogP contribution is 2.45. The van der Waals surface area contributed by atoms with Crippen LogP contribution >= 0.6 is 7.29 Å². The van der Waals surface area contributed by atoms with Gasteiger partial charge in [-0.2, -0.15) is 0 Å². The van der Waals surface area contributed by atoms with E-state index < -0.39 is 7.29 Å². The molecule has 2 aromatic carbocycles. The molecule has 0 aliphatic carbocycles. The van der Waals surface area contributed by atoms with E-state index in [1.807, 2.05) is 43.3 Å². The average Bonchev–Trinajstić information content (AvgIpc) is 2.48. The molecule has 0 aromatic heterocycles. The Morgan fingerprint density at radius 3 is 1.74 bits per heavy atom. The van der Waals surface area contributed by atoms with Crippen LogP contribution in [0.2, 0.25) is 0 Å². The van der Waals surface area contributed by atoms with Gasteiger partial charge in [-0.05, 0) is 30.7 Å². The predicted molar refractivity (Wildman–Crippen MR) is 78.5 cm³/mol. The Labute approximate surface area is 113 Å². The molecule has 0 amide bonds. The fourth-order valence-electron chi connectivity index (χ4n) is 2.02. The second kappa shape index (κ2) is 6.16. The van der Waals surface area contributed by atoms with Gasteiger partial charge in [-0.1, -0.05) is 43.3 Å². The molecular formula is C15H18NO2P. The van der Waals surface area contributed by atoms with Crippen molar-refractivity contribution in [1.82, 2.24) is 4.83 Å². The average molecular weight is 275 g/mol. The first-order valence-corrected chi connectivity index (χ1v) is 8.03. The van der Waals surface area contributed by atoms with Crippen LogP contribution in [0.15, 0.2) is 60.7 Å². The highest BCUT2D eigenvalue weighted by atomic mass is 31.2. The van der Waals surface area contributed by atoms with Crippen LogP contribution in [0.5, 0.6) is 0 Å². The van der Waals surface area contributed by atoms with E-state index in [1.165, 1.54) is 0 Å². The van der Waals surface area contributed by atoms with Gasteiger partial charge < -0.3 is 5.21 Å². The van der Waals surface area contributed by atoms with E-state index in [0.29, 0.717) is 17.2 Å². The van der Waals surface area contributed by atoms with Gasteiger partial charge in [-0.3, -0.25) is 4.57 Å². The monoisotopic (exact) mass is 275 g/mol. The molecule has 19 heavy (non-hydrogen) atoms. The Bertz CT molecular complexity index is 513. The van der Waals surface area contributed by atoms with Crippen molar-refractivity contribution in [3.05, 3.63) is 60.7 Å². The number of nitrogens with zero attached hydrogens (tertiary/aromatic N) is 1. The van der Waals surface area contributed by atoms with Crippen molar-refractivity contribution in [3.8, 4) is 0 Å². The Hall–Kier alpha value is -1.41. The van der Waals surface area contributed by atoms with Crippen molar-refractivity contribution in [3.63, 3.8) is 0 Å². The number of hydrogen-bond acceptors (Lipinski definition) is 2. The quantitative estimate of drug-likeness (QED) is 0.673. The van der Waals surface area contributed by atoms with Crippen molar-refractivity contribution in [2.75, 3.05) is 6.54 Å². The van der Waals surface area contributed by atoms with Crippen LogP contribution in [0.25, 0.3) is 0 Å². The minimum atomic E-state index is -3.14. The number of hydroxylamine groups is 1. The third kappa shape index (κ3) is 2.79. The maximum Gasteiger partial charge on any atom is 0.229 e. The molecule has 0 unspecified atom stereocenters. The molecule has 0 fully saturated rings. The number of rotatable bonds is 5. The lowest BCUT2D eigenvalue weighted by Gasteiger charge is -2.26. The van der Waals surface area contributed by atoms with Gasteiger partial charge in [0.25, 0.3) is 0 Å². The lowest BCUT2D eigenvalue weighted by atomic mass is 10.4. The molecule has 0 radical (unpaired) electrons. The molecule has 1 N–H and O–H groups in total. The summed E-state index contributed by atoms with van der Waals surface area (Å²) in [5.74, 6) is 0. The second-order valence-corrected chi connectivity index (χ2v) is 6.99. The normalized spacial score (nSPS) is 11.7. The molecule has 0 aliphatic rings. The van der Waals surface area contributed by atoms with Crippen molar-refractivity contribution in [1.29, 1.82) is 0 Å². The Kier molecular flexibility index (Phi) is 4.54. The summed E-state index contributed by atoms with van der Waals surface area (Å²) in [5.41, 5.74) is 0. The third-order valence-corrected chi connectivity index (χ3v) is 5.81. The Morgan fingerprint density at radius 2 is 1.37 bits per heavy atom. The van der Waals surface area contributed by atoms with Gasteiger partial charge in [0.2, 0.25) is 7.29 Å². The van der Waals surface area contributed by atoms with Crippen molar-refractivity contribution < 1.29 is 9.77 Å². The molecule has 0 atom stereocenters. The molecular weight excluding hydrogens is 257 g/mol. The second-order valence-electron chi connectivity index (χ2n) is 4.34.